The Morgan fingerprint density at radius 1 is 0.958 bits per heavy atom. The van der Waals surface area contributed by atoms with Gasteiger partial charge in [-0.15, -0.1) is 0 Å². The van der Waals surface area contributed by atoms with Crippen LogP contribution in [-0.4, -0.2) is 16.5 Å². The number of aromatic nitrogens is 2. The van der Waals surface area contributed by atoms with Crippen LogP contribution in [0.15, 0.2) is 48.8 Å². The van der Waals surface area contributed by atoms with Gasteiger partial charge in [-0.2, -0.15) is 13.2 Å². The standard InChI is InChI=1S/C17H13F4N3/c18-14-7-3-5-12-15(14)23-10-24-16(12)22-9-8-11-4-1-2-6-13(11)17(19,20)21/h1-7,10H,8-9H2,(H,22,23,24). The number of fused-ring (bicyclic) bond motifs is 1. The average Bonchev–Trinajstić information content (AvgIpc) is 2.55. The van der Waals surface area contributed by atoms with Crippen molar-refractivity contribution in [2.45, 2.75) is 12.6 Å². The van der Waals surface area contributed by atoms with Gasteiger partial charge in [-0.1, -0.05) is 24.3 Å². The molecular weight excluding hydrogens is 322 g/mol. The highest BCUT2D eigenvalue weighted by Gasteiger charge is 2.32. The van der Waals surface area contributed by atoms with E-state index < -0.39 is 17.6 Å². The fourth-order valence-electron chi connectivity index (χ4n) is 2.52. The third-order valence-corrected chi connectivity index (χ3v) is 3.63. The van der Waals surface area contributed by atoms with Crippen LogP contribution in [0.5, 0.6) is 0 Å². The van der Waals surface area contributed by atoms with Crippen molar-refractivity contribution in [2.75, 3.05) is 11.9 Å². The summed E-state index contributed by atoms with van der Waals surface area (Å²) in [5.74, 6) is -0.0793. The van der Waals surface area contributed by atoms with Gasteiger partial charge in [0, 0.05) is 11.9 Å². The summed E-state index contributed by atoms with van der Waals surface area (Å²) in [7, 11) is 0. The molecule has 0 saturated carbocycles. The van der Waals surface area contributed by atoms with E-state index in [0.29, 0.717) is 11.2 Å². The van der Waals surface area contributed by atoms with Gasteiger partial charge >= 0.3 is 6.18 Å². The maximum atomic E-state index is 13.7. The maximum absolute atomic E-state index is 13.7. The minimum Gasteiger partial charge on any atom is -0.369 e. The van der Waals surface area contributed by atoms with Crippen LogP contribution >= 0.6 is 0 Å². The van der Waals surface area contributed by atoms with Crippen molar-refractivity contribution < 1.29 is 17.6 Å². The summed E-state index contributed by atoms with van der Waals surface area (Å²) in [6.07, 6.45) is -3.00. The van der Waals surface area contributed by atoms with Crippen LogP contribution in [0.1, 0.15) is 11.1 Å². The molecule has 1 heterocycles. The van der Waals surface area contributed by atoms with Crippen molar-refractivity contribution >= 4 is 16.7 Å². The second-order valence-corrected chi connectivity index (χ2v) is 5.19. The minimum atomic E-state index is -4.39. The Kier molecular flexibility index (Phi) is 4.33. The Bertz CT molecular complexity index is 862. The third kappa shape index (κ3) is 3.29. The monoisotopic (exact) mass is 335 g/mol. The predicted molar refractivity (Wildman–Crippen MR) is 83.1 cm³/mol. The number of nitrogens with zero attached hydrogens (tertiary/aromatic N) is 2. The highest BCUT2D eigenvalue weighted by atomic mass is 19.4. The van der Waals surface area contributed by atoms with Crippen LogP contribution in [0.3, 0.4) is 0 Å². The van der Waals surface area contributed by atoms with Crippen molar-refractivity contribution in [3.63, 3.8) is 0 Å². The zero-order valence-electron chi connectivity index (χ0n) is 12.4. The van der Waals surface area contributed by atoms with E-state index >= 15 is 0 Å². The van der Waals surface area contributed by atoms with Gasteiger partial charge in [-0.3, -0.25) is 0 Å². The van der Waals surface area contributed by atoms with Gasteiger partial charge < -0.3 is 5.32 Å². The molecule has 2 aromatic carbocycles. The molecule has 0 saturated heterocycles. The second-order valence-electron chi connectivity index (χ2n) is 5.19. The van der Waals surface area contributed by atoms with Gasteiger partial charge in [0.15, 0.2) is 0 Å². The fraction of sp³-hybridized carbons (Fsp3) is 0.176. The van der Waals surface area contributed by atoms with Crippen molar-refractivity contribution in [2.24, 2.45) is 0 Å². The lowest BCUT2D eigenvalue weighted by molar-refractivity contribution is -0.138. The van der Waals surface area contributed by atoms with Crippen molar-refractivity contribution in [3.05, 3.63) is 65.7 Å². The minimum absolute atomic E-state index is 0.163. The second kappa shape index (κ2) is 6.43. The molecule has 0 aliphatic rings. The molecule has 0 bridgehead atoms. The number of hydrogen-bond acceptors (Lipinski definition) is 3. The number of halogens is 4. The van der Waals surface area contributed by atoms with Crippen molar-refractivity contribution in [1.29, 1.82) is 0 Å². The molecule has 0 aliphatic heterocycles. The first-order valence-corrected chi connectivity index (χ1v) is 7.25. The number of alkyl halides is 3. The summed E-state index contributed by atoms with van der Waals surface area (Å²) < 4.78 is 52.6. The Hall–Kier alpha value is -2.70. The number of anilines is 1. The van der Waals surface area contributed by atoms with E-state index in [1.807, 2.05) is 0 Å². The molecule has 1 N–H and O–H groups in total. The van der Waals surface area contributed by atoms with Crippen LogP contribution in [0.2, 0.25) is 0 Å². The molecule has 124 valence electrons. The molecule has 0 unspecified atom stereocenters. The Morgan fingerprint density at radius 2 is 1.75 bits per heavy atom. The zero-order chi connectivity index (χ0) is 17.2. The molecule has 3 rings (SSSR count). The van der Waals surface area contributed by atoms with Crippen molar-refractivity contribution in [3.8, 4) is 0 Å². The Balaban J connectivity index is 1.78. The quantitative estimate of drug-likeness (QED) is 0.716. The number of benzene rings is 2. The normalized spacial score (nSPS) is 11.7. The molecule has 0 radical (unpaired) electrons. The first-order chi connectivity index (χ1) is 11.5. The van der Waals surface area contributed by atoms with Gasteiger partial charge in [0.05, 0.1) is 5.56 Å². The topological polar surface area (TPSA) is 37.8 Å². The smallest absolute Gasteiger partial charge is 0.369 e. The Morgan fingerprint density at radius 3 is 2.54 bits per heavy atom. The first kappa shape index (κ1) is 16.2. The van der Waals surface area contributed by atoms with Gasteiger partial charge in [0.1, 0.15) is 23.5 Å². The van der Waals surface area contributed by atoms with Crippen molar-refractivity contribution in [1.82, 2.24) is 9.97 Å². The molecule has 0 aliphatic carbocycles. The summed E-state index contributed by atoms with van der Waals surface area (Å²) in [5, 5.41) is 3.44. The van der Waals surface area contributed by atoms with Crippen LogP contribution in [0.4, 0.5) is 23.4 Å². The highest BCUT2D eigenvalue weighted by Crippen LogP contribution is 2.32. The molecule has 0 atom stereocenters. The van der Waals surface area contributed by atoms with E-state index in [4.69, 9.17) is 0 Å². The summed E-state index contributed by atoms with van der Waals surface area (Å²) >= 11 is 0. The predicted octanol–water partition coefficient (Wildman–Crippen LogP) is 4.44. The average molecular weight is 335 g/mol. The number of rotatable bonds is 4. The molecule has 0 fully saturated rings. The summed E-state index contributed by atoms with van der Waals surface area (Å²) in [4.78, 5) is 7.92. The molecule has 0 spiro atoms. The van der Waals surface area contributed by atoms with Crippen LogP contribution < -0.4 is 5.32 Å². The number of nitrogens with one attached hydrogen (secondary N) is 1. The fourth-order valence-corrected chi connectivity index (χ4v) is 2.52. The Labute approximate surface area is 135 Å². The largest absolute Gasteiger partial charge is 0.416 e. The van der Waals surface area contributed by atoms with E-state index in [9.17, 15) is 17.6 Å². The molecule has 0 amide bonds. The van der Waals surface area contributed by atoms with Gasteiger partial charge in [0.2, 0.25) is 0 Å². The molecule has 1 aromatic heterocycles. The van der Waals surface area contributed by atoms with E-state index in [-0.39, 0.29) is 24.0 Å². The number of hydrogen-bond donors (Lipinski definition) is 1. The third-order valence-electron chi connectivity index (χ3n) is 3.63. The van der Waals surface area contributed by atoms with Crippen LogP contribution in [0, 0.1) is 5.82 Å². The van der Waals surface area contributed by atoms with E-state index in [1.165, 1.54) is 30.6 Å². The van der Waals surface area contributed by atoms with E-state index in [1.54, 1.807) is 12.1 Å². The highest BCUT2D eigenvalue weighted by molar-refractivity contribution is 5.89. The first-order valence-electron chi connectivity index (χ1n) is 7.25. The lowest BCUT2D eigenvalue weighted by atomic mass is 10.0. The maximum Gasteiger partial charge on any atom is 0.416 e. The lowest BCUT2D eigenvalue weighted by Gasteiger charge is -2.13. The molecule has 3 aromatic rings. The SMILES string of the molecule is Fc1cccc2c(NCCc3ccccc3C(F)(F)F)ncnc12. The molecule has 3 nitrogen and oxygen atoms in total. The number of para-hydroxylation sites is 1. The van der Waals surface area contributed by atoms with Crippen LogP contribution in [-0.2, 0) is 12.6 Å². The summed E-state index contributed by atoms with van der Waals surface area (Å²) in [6, 6.07) is 9.92. The van der Waals surface area contributed by atoms with Gasteiger partial charge in [0.25, 0.3) is 0 Å². The van der Waals surface area contributed by atoms with Crippen LogP contribution in [0.25, 0.3) is 10.9 Å². The zero-order valence-corrected chi connectivity index (χ0v) is 12.4. The molecule has 7 heteroatoms. The molecule has 24 heavy (non-hydrogen) atoms. The van der Waals surface area contributed by atoms with E-state index in [2.05, 4.69) is 15.3 Å². The van der Waals surface area contributed by atoms with Gasteiger partial charge in [-0.05, 0) is 30.2 Å². The summed E-state index contributed by atoms with van der Waals surface area (Å²) in [6.45, 7) is 0.232. The molecular formula is C17H13F4N3. The summed E-state index contributed by atoms with van der Waals surface area (Å²) in [5.41, 5.74) is -0.280. The lowest BCUT2D eigenvalue weighted by Crippen LogP contribution is -2.13. The van der Waals surface area contributed by atoms with E-state index in [0.717, 1.165) is 6.07 Å². The van der Waals surface area contributed by atoms with Gasteiger partial charge in [-0.25, -0.2) is 14.4 Å².